The quantitative estimate of drug-likeness (QED) is 0.319. The summed E-state index contributed by atoms with van der Waals surface area (Å²) in [4.78, 5) is 37.6. The van der Waals surface area contributed by atoms with Crippen LogP contribution in [0, 0.1) is 35.5 Å². The van der Waals surface area contributed by atoms with E-state index in [1.54, 1.807) is 19.9 Å². The second-order valence-corrected chi connectivity index (χ2v) is 8.33. The predicted molar refractivity (Wildman–Crippen MR) is 116 cm³/mol. The zero-order chi connectivity index (χ0) is 24.2. The lowest BCUT2D eigenvalue weighted by Crippen LogP contribution is -2.58. The van der Waals surface area contributed by atoms with Crippen LogP contribution in [0.5, 0.6) is 5.75 Å². The Morgan fingerprint density at radius 1 is 1.09 bits per heavy atom. The average molecular weight is 447 g/mol. The first-order valence-electron chi connectivity index (χ1n) is 10.3. The molecule has 0 spiro atoms. The van der Waals surface area contributed by atoms with Crippen molar-refractivity contribution in [3.05, 3.63) is 45.2 Å². The van der Waals surface area contributed by atoms with Crippen molar-refractivity contribution in [3.63, 3.8) is 0 Å². The fourth-order valence-corrected chi connectivity index (χ4v) is 5.17. The van der Waals surface area contributed by atoms with E-state index in [4.69, 9.17) is 5.73 Å². The van der Waals surface area contributed by atoms with Crippen LogP contribution in [-0.4, -0.2) is 43.5 Å². The summed E-state index contributed by atoms with van der Waals surface area (Å²) in [5, 5.41) is 43.8. The first kappa shape index (κ1) is 22.2. The maximum absolute atomic E-state index is 13.5. The minimum atomic E-state index is -2.59. The third kappa shape index (κ3) is 2.95. The molecule has 0 radical (unpaired) electrons. The molecule has 3 atom stereocenters. The number of Topliss-reactive ketones (excluding diaryl/α,β-unsaturated/α-hetero) is 2. The molecule has 1 aromatic rings. The molecule has 8 heteroatoms. The molecule has 1 aromatic carbocycles. The van der Waals surface area contributed by atoms with Crippen molar-refractivity contribution in [1.82, 2.24) is 0 Å². The summed E-state index contributed by atoms with van der Waals surface area (Å²) >= 11 is 0. The van der Waals surface area contributed by atoms with Crippen molar-refractivity contribution in [2.45, 2.75) is 38.7 Å². The number of carbonyl (C=O) groups excluding carboxylic acids is 3. The van der Waals surface area contributed by atoms with Crippen molar-refractivity contribution in [3.8, 4) is 29.4 Å². The molecule has 3 unspecified atom stereocenters. The van der Waals surface area contributed by atoms with Crippen LogP contribution >= 0.6 is 0 Å². The van der Waals surface area contributed by atoms with E-state index in [0.29, 0.717) is 11.1 Å². The van der Waals surface area contributed by atoms with Crippen molar-refractivity contribution < 1.29 is 34.8 Å². The van der Waals surface area contributed by atoms with Gasteiger partial charge in [-0.25, -0.2) is 0 Å². The van der Waals surface area contributed by atoms with Crippen molar-refractivity contribution >= 4 is 23.2 Å². The molecule has 0 aliphatic heterocycles. The van der Waals surface area contributed by atoms with Gasteiger partial charge in [-0.05, 0) is 44.2 Å². The SMILES string of the molecule is CC#Cc1cc(C#CC)c2c(c1O)C(O)=C1C(=O)C3(O)C(O)=C(C(N)=O)C(=O)CC3CC1C2. The monoisotopic (exact) mass is 447 g/mol. The number of rotatable bonds is 1. The first-order chi connectivity index (χ1) is 15.6. The van der Waals surface area contributed by atoms with Gasteiger partial charge in [0.15, 0.2) is 11.4 Å². The van der Waals surface area contributed by atoms with Crippen molar-refractivity contribution in [2.75, 3.05) is 0 Å². The number of hydrogen-bond donors (Lipinski definition) is 5. The Bertz CT molecular complexity index is 1340. The standard InChI is InChI=1S/C25H21NO7/c1-3-5-11-7-12(6-4-2)20(28)18-15(11)9-13-8-14-10-16(27)19(24(26)32)23(31)25(14,33)22(30)17(13)21(18)29/h7,13-14,28-29,31,33H,8-10H2,1-2H3,(H2,26,32). The third-order valence-corrected chi connectivity index (χ3v) is 6.58. The molecule has 3 aliphatic carbocycles. The molecule has 168 valence electrons. The van der Waals surface area contributed by atoms with E-state index < -0.39 is 52.0 Å². The lowest BCUT2D eigenvalue weighted by Gasteiger charge is -2.46. The van der Waals surface area contributed by atoms with E-state index in [9.17, 15) is 34.8 Å². The van der Waals surface area contributed by atoms with Gasteiger partial charge in [0.25, 0.3) is 5.91 Å². The van der Waals surface area contributed by atoms with Crippen LogP contribution in [0.2, 0.25) is 0 Å². The molecule has 1 saturated carbocycles. The smallest absolute Gasteiger partial charge is 0.255 e. The number of ketones is 2. The minimum absolute atomic E-state index is 0.0138. The number of aliphatic hydroxyl groups excluding tert-OH is 2. The summed E-state index contributed by atoms with van der Waals surface area (Å²) < 4.78 is 0. The molecule has 0 saturated heterocycles. The number of amides is 1. The highest BCUT2D eigenvalue weighted by Crippen LogP contribution is 2.52. The molecule has 8 nitrogen and oxygen atoms in total. The summed E-state index contributed by atoms with van der Waals surface area (Å²) in [5.74, 6) is 4.48. The number of benzene rings is 1. The summed E-state index contributed by atoms with van der Waals surface area (Å²) in [6, 6.07) is 1.61. The van der Waals surface area contributed by atoms with Crippen LogP contribution in [0.1, 0.15) is 48.9 Å². The Morgan fingerprint density at radius 2 is 1.73 bits per heavy atom. The summed E-state index contributed by atoms with van der Waals surface area (Å²) in [6.07, 6.45) is -0.0924. The number of nitrogens with two attached hydrogens (primary N) is 1. The molecule has 1 fully saturated rings. The summed E-state index contributed by atoms with van der Waals surface area (Å²) in [5.41, 5.74) is 2.83. The van der Waals surface area contributed by atoms with Crippen LogP contribution in [0.4, 0.5) is 0 Å². The molecule has 3 aliphatic rings. The molecule has 0 aromatic heterocycles. The number of fused-ring (bicyclic) bond motifs is 3. The van der Waals surface area contributed by atoms with E-state index in [0.717, 1.165) is 0 Å². The number of primary amides is 1. The maximum atomic E-state index is 13.5. The number of aliphatic hydroxyl groups is 3. The average Bonchev–Trinajstić information content (AvgIpc) is 2.74. The van der Waals surface area contributed by atoms with E-state index >= 15 is 0 Å². The highest BCUT2D eigenvalue weighted by molar-refractivity contribution is 6.22. The number of hydrogen-bond acceptors (Lipinski definition) is 7. The van der Waals surface area contributed by atoms with Gasteiger partial charge in [-0.3, -0.25) is 14.4 Å². The molecule has 1 amide bonds. The molecule has 0 heterocycles. The predicted octanol–water partition coefficient (Wildman–Crippen LogP) is 1.17. The first-order valence-corrected chi connectivity index (χ1v) is 10.3. The molecule has 6 N–H and O–H groups in total. The van der Waals surface area contributed by atoms with E-state index in [-0.39, 0.29) is 41.7 Å². The van der Waals surface area contributed by atoms with Gasteiger partial charge in [0.2, 0.25) is 5.78 Å². The highest BCUT2D eigenvalue weighted by atomic mass is 16.3. The fraction of sp³-hybridized carbons (Fsp3) is 0.320. The Balaban J connectivity index is 1.99. The van der Waals surface area contributed by atoms with Gasteiger partial charge in [0.05, 0.1) is 11.1 Å². The highest BCUT2D eigenvalue weighted by Gasteiger charge is 2.60. The Labute approximate surface area is 189 Å². The summed E-state index contributed by atoms with van der Waals surface area (Å²) in [7, 11) is 0. The van der Waals surface area contributed by atoms with Crippen LogP contribution in [0.3, 0.4) is 0 Å². The molecular weight excluding hydrogens is 426 g/mol. The third-order valence-electron chi connectivity index (χ3n) is 6.58. The van der Waals surface area contributed by atoms with Crippen LogP contribution < -0.4 is 5.73 Å². The number of aromatic hydroxyl groups is 1. The van der Waals surface area contributed by atoms with Crippen molar-refractivity contribution in [2.24, 2.45) is 17.6 Å². The normalized spacial score (nSPS) is 25.8. The van der Waals surface area contributed by atoms with Gasteiger partial charge in [-0.2, -0.15) is 0 Å². The summed E-state index contributed by atoms with van der Waals surface area (Å²) in [6.45, 7) is 3.21. The maximum Gasteiger partial charge on any atom is 0.255 e. The number of phenolic OH excluding ortho intramolecular Hbond substituents is 1. The molecule has 33 heavy (non-hydrogen) atoms. The van der Waals surface area contributed by atoms with Crippen LogP contribution in [-0.2, 0) is 20.8 Å². The molecule has 0 bridgehead atoms. The van der Waals surface area contributed by atoms with Gasteiger partial charge in [-0.15, -0.1) is 11.8 Å². The van der Waals surface area contributed by atoms with E-state index in [1.807, 2.05) is 0 Å². The van der Waals surface area contributed by atoms with Crippen molar-refractivity contribution in [1.29, 1.82) is 0 Å². The Morgan fingerprint density at radius 3 is 2.33 bits per heavy atom. The second-order valence-electron chi connectivity index (χ2n) is 8.33. The van der Waals surface area contributed by atoms with Gasteiger partial charge >= 0.3 is 0 Å². The minimum Gasteiger partial charge on any atom is -0.508 e. The van der Waals surface area contributed by atoms with Gasteiger partial charge < -0.3 is 26.2 Å². The topological polar surface area (TPSA) is 158 Å². The van der Waals surface area contributed by atoms with Gasteiger partial charge in [0.1, 0.15) is 22.8 Å². The Hall–Kier alpha value is -4.01. The van der Waals surface area contributed by atoms with Gasteiger partial charge in [0, 0.05) is 23.5 Å². The molecular formula is C25H21NO7. The zero-order valence-corrected chi connectivity index (χ0v) is 17.9. The fourth-order valence-electron chi connectivity index (χ4n) is 5.17. The van der Waals surface area contributed by atoms with Crippen LogP contribution in [0.25, 0.3) is 5.76 Å². The Kier molecular flexibility index (Phi) is 5.07. The zero-order valence-electron chi connectivity index (χ0n) is 17.9. The lowest BCUT2D eigenvalue weighted by molar-refractivity contribution is -0.147. The number of phenols is 1. The molecule has 4 rings (SSSR count). The van der Waals surface area contributed by atoms with E-state index in [1.165, 1.54) is 0 Å². The largest absolute Gasteiger partial charge is 0.508 e. The van der Waals surface area contributed by atoms with Crippen LogP contribution in [0.15, 0.2) is 23.0 Å². The lowest BCUT2D eigenvalue weighted by atomic mass is 9.59. The second kappa shape index (κ2) is 7.54. The van der Waals surface area contributed by atoms with Gasteiger partial charge in [-0.1, -0.05) is 11.8 Å². The number of carbonyl (C=O) groups is 3. The van der Waals surface area contributed by atoms with E-state index in [2.05, 4.69) is 23.7 Å².